The molecule has 3 nitrogen and oxygen atoms in total. The highest BCUT2D eigenvalue weighted by Gasteiger charge is 2.29. The van der Waals surface area contributed by atoms with E-state index in [1.54, 1.807) is 0 Å². The van der Waals surface area contributed by atoms with Crippen LogP contribution in [0, 0.1) is 5.41 Å². The molecular weight excluding hydrogens is 298 g/mol. The molecule has 144 valence electrons. The van der Waals surface area contributed by atoms with E-state index in [0.717, 1.165) is 17.4 Å². The zero-order chi connectivity index (χ0) is 18.5. The molecule has 0 spiro atoms. The third kappa shape index (κ3) is 11.9. The van der Waals surface area contributed by atoms with Gasteiger partial charge in [0.2, 0.25) is 6.73 Å². The molecule has 0 bridgehead atoms. The topological polar surface area (TPSA) is 26.3 Å². The van der Waals surface area contributed by atoms with Crippen molar-refractivity contribution in [2.75, 3.05) is 27.4 Å². The number of hydrogen-bond donors (Lipinski definition) is 0. The molecule has 0 aliphatic rings. The van der Waals surface area contributed by atoms with Gasteiger partial charge in [-0.05, 0) is 33.1 Å². The zero-order valence-electron chi connectivity index (χ0n) is 17.5. The Kier molecular flexibility index (Phi) is 12.4. The Morgan fingerprint density at radius 1 is 0.833 bits per heavy atom. The Hall–Kier alpha value is -0.570. The summed E-state index contributed by atoms with van der Waals surface area (Å²) < 4.78 is 6.30. The summed E-state index contributed by atoms with van der Waals surface area (Å²) in [5.74, 6) is -0.0701. The highest BCUT2D eigenvalue weighted by atomic mass is 16.5. The van der Waals surface area contributed by atoms with Crippen LogP contribution in [0.5, 0.6) is 0 Å². The molecular formula is C21H44NO2+. The number of ether oxygens (including phenoxy) is 1. The second-order valence-electron chi connectivity index (χ2n) is 8.64. The highest BCUT2D eigenvalue weighted by molar-refractivity contribution is 5.75. The molecule has 0 rings (SSSR count). The van der Waals surface area contributed by atoms with Gasteiger partial charge in [-0.3, -0.25) is 9.28 Å². The Bertz CT molecular complexity index is 324. The van der Waals surface area contributed by atoms with Gasteiger partial charge in [-0.15, -0.1) is 0 Å². The summed E-state index contributed by atoms with van der Waals surface area (Å²) >= 11 is 0. The molecule has 0 amide bonds. The number of carbonyl (C=O) groups excluding carboxylic acids is 1. The molecule has 0 saturated carbocycles. The summed E-state index contributed by atoms with van der Waals surface area (Å²) in [7, 11) is 4.31. The van der Waals surface area contributed by atoms with Gasteiger partial charge in [0.15, 0.2) is 0 Å². The van der Waals surface area contributed by atoms with Crippen LogP contribution in [0.25, 0.3) is 0 Å². The fraction of sp³-hybridized carbons (Fsp3) is 0.952. The molecule has 3 heteroatoms. The van der Waals surface area contributed by atoms with Crippen LogP contribution in [0.1, 0.15) is 98.3 Å². The lowest BCUT2D eigenvalue weighted by Crippen LogP contribution is -2.44. The smallest absolute Gasteiger partial charge is 0.315 e. The molecule has 0 aromatic rings. The SMILES string of the molecule is CCCCCCCCCCCC[N+](C)(C)COC(=O)C(C)(C)CC. The lowest BCUT2D eigenvalue weighted by Gasteiger charge is -2.30. The van der Waals surface area contributed by atoms with E-state index in [9.17, 15) is 4.79 Å². The molecule has 0 aliphatic heterocycles. The summed E-state index contributed by atoms with van der Waals surface area (Å²) in [6.07, 6.45) is 14.4. The van der Waals surface area contributed by atoms with Gasteiger partial charge in [-0.2, -0.15) is 0 Å². The molecule has 0 aromatic carbocycles. The van der Waals surface area contributed by atoms with Crippen molar-refractivity contribution < 1.29 is 14.0 Å². The van der Waals surface area contributed by atoms with E-state index in [4.69, 9.17) is 4.74 Å². The van der Waals surface area contributed by atoms with Gasteiger partial charge in [0.05, 0.1) is 26.1 Å². The van der Waals surface area contributed by atoms with Gasteiger partial charge >= 0.3 is 5.97 Å². The maximum atomic E-state index is 12.1. The molecule has 24 heavy (non-hydrogen) atoms. The average molecular weight is 343 g/mol. The van der Waals surface area contributed by atoms with E-state index in [-0.39, 0.29) is 11.4 Å². The standard InChI is InChI=1S/C21H44NO2/c1-7-9-10-11-12-13-14-15-16-17-18-22(5,6)19-24-20(23)21(3,4)8-2/h7-19H2,1-6H3/q+1. The largest absolute Gasteiger partial charge is 0.415 e. The van der Waals surface area contributed by atoms with Crippen LogP contribution in [0.15, 0.2) is 0 Å². The summed E-state index contributed by atoms with van der Waals surface area (Å²) in [5, 5.41) is 0. The molecule has 0 unspecified atom stereocenters. The second kappa shape index (κ2) is 12.7. The average Bonchev–Trinajstić information content (AvgIpc) is 2.54. The first-order chi connectivity index (χ1) is 11.2. The predicted octanol–water partition coefficient (Wildman–Crippen LogP) is 5.92. The molecule has 0 N–H and O–H groups in total. The van der Waals surface area contributed by atoms with Crippen LogP contribution in [0.4, 0.5) is 0 Å². The van der Waals surface area contributed by atoms with Gasteiger partial charge in [-0.25, -0.2) is 0 Å². The highest BCUT2D eigenvalue weighted by Crippen LogP contribution is 2.22. The van der Waals surface area contributed by atoms with Crippen LogP contribution in [0.3, 0.4) is 0 Å². The maximum absolute atomic E-state index is 12.1. The minimum Gasteiger partial charge on any atom is -0.415 e. The molecule has 0 aromatic heterocycles. The Balaban J connectivity index is 3.66. The normalized spacial score (nSPS) is 12.4. The van der Waals surface area contributed by atoms with Crippen molar-refractivity contribution in [3.05, 3.63) is 0 Å². The van der Waals surface area contributed by atoms with Crippen LogP contribution in [-0.2, 0) is 9.53 Å². The van der Waals surface area contributed by atoms with Crippen LogP contribution >= 0.6 is 0 Å². The summed E-state index contributed by atoms with van der Waals surface area (Å²) in [4.78, 5) is 12.1. The van der Waals surface area contributed by atoms with E-state index in [0.29, 0.717) is 6.73 Å². The quantitative estimate of drug-likeness (QED) is 0.160. The van der Waals surface area contributed by atoms with E-state index >= 15 is 0 Å². The molecule has 0 fully saturated rings. The number of rotatable bonds is 15. The molecule has 0 aliphatic carbocycles. The zero-order valence-corrected chi connectivity index (χ0v) is 17.5. The number of unbranched alkanes of at least 4 members (excludes halogenated alkanes) is 9. The van der Waals surface area contributed by atoms with Crippen molar-refractivity contribution in [3.8, 4) is 0 Å². The van der Waals surface area contributed by atoms with Crippen molar-refractivity contribution in [1.29, 1.82) is 0 Å². The van der Waals surface area contributed by atoms with Crippen molar-refractivity contribution in [1.82, 2.24) is 0 Å². The lowest BCUT2D eigenvalue weighted by atomic mass is 9.91. The minimum absolute atomic E-state index is 0.0701. The summed E-state index contributed by atoms with van der Waals surface area (Å²) in [6.45, 7) is 9.78. The number of nitrogens with zero attached hydrogens (tertiary/aromatic N) is 1. The van der Waals surface area contributed by atoms with Gasteiger partial charge in [0, 0.05) is 0 Å². The van der Waals surface area contributed by atoms with Crippen molar-refractivity contribution in [2.24, 2.45) is 5.41 Å². The van der Waals surface area contributed by atoms with Crippen molar-refractivity contribution in [3.63, 3.8) is 0 Å². The first-order valence-corrected chi connectivity index (χ1v) is 10.2. The Morgan fingerprint density at radius 2 is 1.29 bits per heavy atom. The van der Waals surface area contributed by atoms with Gasteiger partial charge in [-0.1, -0.05) is 65.2 Å². The second-order valence-corrected chi connectivity index (χ2v) is 8.64. The first-order valence-electron chi connectivity index (χ1n) is 10.2. The number of hydrogen-bond acceptors (Lipinski definition) is 2. The third-order valence-corrected chi connectivity index (χ3v) is 5.10. The van der Waals surface area contributed by atoms with Crippen LogP contribution in [-0.4, -0.2) is 37.8 Å². The van der Waals surface area contributed by atoms with Gasteiger partial charge in [0.25, 0.3) is 0 Å². The fourth-order valence-electron chi connectivity index (χ4n) is 2.66. The molecule has 0 saturated heterocycles. The van der Waals surface area contributed by atoms with E-state index in [1.165, 1.54) is 64.2 Å². The monoisotopic (exact) mass is 342 g/mol. The Morgan fingerprint density at radius 3 is 1.75 bits per heavy atom. The summed E-state index contributed by atoms with van der Waals surface area (Å²) in [6, 6.07) is 0. The van der Waals surface area contributed by atoms with Gasteiger partial charge in [0.1, 0.15) is 0 Å². The molecule has 0 radical (unpaired) electrons. The summed E-state index contributed by atoms with van der Waals surface area (Å²) in [5.41, 5.74) is -0.364. The predicted molar refractivity (Wildman–Crippen MR) is 104 cm³/mol. The molecule has 0 heterocycles. The lowest BCUT2D eigenvalue weighted by molar-refractivity contribution is -0.907. The van der Waals surface area contributed by atoms with Crippen LogP contribution in [0.2, 0.25) is 0 Å². The maximum Gasteiger partial charge on any atom is 0.315 e. The number of esters is 1. The number of carbonyl (C=O) groups is 1. The van der Waals surface area contributed by atoms with E-state index in [2.05, 4.69) is 21.0 Å². The molecule has 0 atom stereocenters. The third-order valence-electron chi connectivity index (χ3n) is 5.10. The Labute approximate surface area is 151 Å². The van der Waals surface area contributed by atoms with Gasteiger partial charge < -0.3 is 4.74 Å². The van der Waals surface area contributed by atoms with Crippen molar-refractivity contribution in [2.45, 2.75) is 98.3 Å². The number of quaternary nitrogens is 1. The van der Waals surface area contributed by atoms with E-state index in [1.807, 2.05) is 20.8 Å². The van der Waals surface area contributed by atoms with Crippen LogP contribution < -0.4 is 0 Å². The first kappa shape index (κ1) is 23.4. The minimum atomic E-state index is -0.364. The fourth-order valence-corrected chi connectivity index (χ4v) is 2.66. The van der Waals surface area contributed by atoms with Crippen molar-refractivity contribution >= 4 is 5.97 Å². The van der Waals surface area contributed by atoms with E-state index < -0.39 is 0 Å².